The Labute approximate surface area is 75.7 Å². The van der Waals surface area contributed by atoms with E-state index in [4.69, 9.17) is 0 Å². The molecule has 2 unspecified atom stereocenters. The van der Waals surface area contributed by atoms with E-state index >= 15 is 0 Å². The highest BCUT2D eigenvalue weighted by molar-refractivity contribution is 5.00. The molecule has 1 rings (SSSR count). The van der Waals surface area contributed by atoms with Crippen molar-refractivity contribution >= 4 is 0 Å². The van der Waals surface area contributed by atoms with Gasteiger partial charge in [0.1, 0.15) is 0 Å². The molecule has 0 heterocycles. The molecule has 0 saturated carbocycles. The molecule has 0 aliphatic heterocycles. The van der Waals surface area contributed by atoms with Gasteiger partial charge in [0.15, 0.2) is 0 Å². The molecule has 0 saturated heterocycles. The second-order valence-corrected chi connectivity index (χ2v) is 3.48. The molecule has 0 aromatic carbocycles. The molecule has 0 bridgehead atoms. The number of hydrogen-bond donors (Lipinski definition) is 0. The summed E-state index contributed by atoms with van der Waals surface area (Å²) in [5.74, 6) is 1.53. The highest BCUT2D eigenvalue weighted by Gasteiger charge is 2.18. The second-order valence-electron chi connectivity index (χ2n) is 3.48. The van der Waals surface area contributed by atoms with E-state index in [0.717, 1.165) is 18.8 Å². The minimum atomic E-state index is 0.717. The van der Waals surface area contributed by atoms with E-state index in [9.17, 15) is 0 Å². The lowest BCUT2D eigenvalue weighted by atomic mass is 9.80. The molecule has 0 heteroatoms. The number of hydrogen-bond acceptors (Lipinski definition) is 0. The van der Waals surface area contributed by atoms with Crippen molar-refractivity contribution in [3.63, 3.8) is 0 Å². The Kier molecular flexibility index (Phi) is 3.86. The van der Waals surface area contributed by atoms with Crippen molar-refractivity contribution in [3.8, 4) is 0 Å². The third-order valence-corrected chi connectivity index (χ3v) is 2.60. The molecular formula is C12H18. The molecule has 0 spiro atoms. The van der Waals surface area contributed by atoms with Crippen LogP contribution in [0.15, 0.2) is 37.5 Å². The molecule has 1 aliphatic rings. The summed E-state index contributed by atoms with van der Waals surface area (Å²) in [4.78, 5) is 0. The molecule has 0 aromatic heterocycles. The summed E-state index contributed by atoms with van der Waals surface area (Å²) in [6, 6.07) is 0. The average molecular weight is 162 g/mol. The van der Waals surface area contributed by atoms with Gasteiger partial charge in [-0.15, -0.1) is 13.2 Å². The maximum atomic E-state index is 3.80. The molecule has 0 N–H and O–H groups in total. The molecule has 0 fully saturated rings. The fraction of sp³-hybridized carbons (Fsp3) is 0.500. The van der Waals surface area contributed by atoms with Crippen molar-refractivity contribution in [2.75, 3.05) is 0 Å². The van der Waals surface area contributed by atoms with Crippen molar-refractivity contribution in [2.24, 2.45) is 11.8 Å². The summed E-state index contributed by atoms with van der Waals surface area (Å²) in [5.41, 5.74) is 0. The van der Waals surface area contributed by atoms with Crippen molar-refractivity contribution < 1.29 is 0 Å². The van der Waals surface area contributed by atoms with E-state index in [1.165, 1.54) is 12.8 Å². The summed E-state index contributed by atoms with van der Waals surface area (Å²) in [6.07, 6.45) is 13.6. The van der Waals surface area contributed by atoms with Crippen LogP contribution in [0.3, 0.4) is 0 Å². The molecule has 0 nitrogen and oxygen atoms in total. The average Bonchev–Trinajstić information content (AvgIpc) is 2.09. The maximum absolute atomic E-state index is 3.80. The summed E-state index contributed by atoms with van der Waals surface area (Å²) in [7, 11) is 0. The normalized spacial score (nSPS) is 28.3. The van der Waals surface area contributed by atoms with Gasteiger partial charge in [0.05, 0.1) is 0 Å². The van der Waals surface area contributed by atoms with Crippen LogP contribution in [-0.2, 0) is 0 Å². The minimum absolute atomic E-state index is 0.717. The molecule has 66 valence electrons. The van der Waals surface area contributed by atoms with Crippen molar-refractivity contribution in [2.45, 2.75) is 25.7 Å². The summed E-state index contributed by atoms with van der Waals surface area (Å²) >= 11 is 0. The van der Waals surface area contributed by atoms with Crippen LogP contribution in [0.2, 0.25) is 0 Å². The second kappa shape index (κ2) is 4.97. The van der Waals surface area contributed by atoms with Gasteiger partial charge in [-0.3, -0.25) is 0 Å². The predicted molar refractivity (Wildman–Crippen MR) is 55.0 cm³/mol. The van der Waals surface area contributed by atoms with Crippen LogP contribution in [0, 0.1) is 11.8 Å². The van der Waals surface area contributed by atoms with Crippen LogP contribution >= 0.6 is 0 Å². The topological polar surface area (TPSA) is 0 Å². The van der Waals surface area contributed by atoms with Crippen LogP contribution in [0.5, 0.6) is 0 Å². The molecule has 2 atom stereocenters. The smallest absolute Gasteiger partial charge is 0.0168 e. The Morgan fingerprint density at radius 1 is 1.25 bits per heavy atom. The monoisotopic (exact) mass is 162 g/mol. The zero-order chi connectivity index (χ0) is 8.81. The minimum Gasteiger partial charge on any atom is -0.103 e. The highest BCUT2D eigenvalue weighted by Crippen LogP contribution is 2.30. The highest BCUT2D eigenvalue weighted by atomic mass is 14.2. The summed E-state index contributed by atoms with van der Waals surface area (Å²) < 4.78 is 0. The van der Waals surface area contributed by atoms with Gasteiger partial charge in [0, 0.05) is 0 Å². The lowest BCUT2D eigenvalue weighted by molar-refractivity contribution is 0.361. The Morgan fingerprint density at radius 3 is 2.67 bits per heavy atom. The Bertz CT molecular complexity index is 176. The molecular weight excluding hydrogens is 144 g/mol. The van der Waals surface area contributed by atoms with Crippen LogP contribution in [-0.4, -0.2) is 0 Å². The zero-order valence-electron chi connectivity index (χ0n) is 7.71. The van der Waals surface area contributed by atoms with Crippen LogP contribution in [0.25, 0.3) is 0 Å². The molecule has 0 aromatic rings. The van der Waals surface area contributed by atoms with Crippen LogP contribution in [0.4, 0.5) is 0 Å². The lowest BCUT2D eigenvalue weighted by Gasteiger charge is -2.25. The van der Waals surface area contributed by atoms with Gasteiger partial charge in [-0.25, -0.2) is 0 Å². The fourth-order valence-electron chi connectivity index (χ4n) is 1.92. The molecule has 0 amide bonds. The summed E-state index contributed by atoms with van der Waals surface area (Å²) in [6.45, 7) is 7.59. The third kappa shape index (κ3) is 2.37. The first-order valence-electron chi connectivity index (χ1n) is 4.77. The van der Waals surface area contributed by atoms with E-state index in [-0.39, 0.29) is 0 Å². The van der Waals surface area contributed by atoms with E-state index in [1.807, 2.05) is 12.2 Å². The predicted octanol–water partition coefficient (Wildman–Crippen LogP) is 3.72. The number of allylic oxidation sites excluding steroid dienone is 4. The largest absolute Gasteiger partial charge is 0.103 e. The van der Waals surface area contributed by atoms with Gasteiger partial charge >= 0.3 is 0 Å². The Hall–Kier alpha value is -0.780. The van der Waals surface area contributed by atoms with Crippen molar-refractivity contribution in [1.82, 2.24) is 0 Å². The number of rotatable bonds is 4. The standard InChI is InChI=1S/C12H18/c1-3-7-11-9-5-6-10-12(11)8-4-2/h3-5,9,11-12H,1-2,6-8,10H2. The van der Waals surface area contributed by atoms with Crippen LogP contribution in [0.1, 0.15) is 25.7 Å². The third-order valence-electron chi connectivity index (χ3n) is 2.60. The molecule has 1 aliphatic carbocycles. The fourth-order valence-corrected chi connectivity index (χ4v) is 1.92. The van der Waals surface area contributed by atoms with Gasteiger partial charge < -0.3 is 0 Å². The molecule has 0 radical (unpaired) electrons. The first-order chi connectivity index (χ1) is 5.88. The molecule has 12 heavy (non-hydrogen) atoms. The van der Waals surface area contributed by atoms with Gasteiger partial charge in [0.25, 0.3) is 0 Å². The van der Waals surface area contributed by atoms with E-state index in [2.05, 4.69) is 25.3 Å². The Balaban J connectivity index is 2.51. The Morgan fingerprint density at radius 2 is 2.00 bits per heavy atom. The van der Waals surface area contributed by atoms with Crippen molar-refractivity contribution in [3.05, 3.63) is 37.5 Å². The van der Waals surface area contributed by atoms with Gasteiger partial charge in [-0.2, -0.15) is 0 Å². The van der Waals surface area contributed by atoms with E-state index in [1.54, 1.807) is 0 Å². The van der Waals surface area contributed by atoms with Gasteiger partial charge in [-0.1, -0.05) is 24.3 Å². The van der Waals surface area contributed by atoms with Gasteiger partial charge in [0.2, 0.25) is 0 Å². The van der Waals surface area contributed by atoms with Crippen LogP contribution < -0.4 is 0 Å². The SMILES string of the molecule is C=CCC1C=CCCC1CC=C. The zero-order valence-corrected chi connectivity index (χ0v) is 7.71. The maximum Gasteiger partial charge on any atom is -0.0168 e. The first kappa shape index (κ1) is 9.31. The first-order valence-corrected chi connectivity index (χ1v) is 4.77. The summed E-state index contributed by atoms with van der Waals surface area (Å²) in [5, 5.41) is 0. The quantitative estimate of drug-likeness (QED) is 0.553. The van der Waals surface area contributed by atoms with E-state index < -0.39 is 0 Å². The van der Waals surface area contributed by atoms with E-state index in [0.29, 0.717) is 5.92 Å². The van der Waals surface area contributed by atoms with Gasteiger partial charge in [-0.05, 0) is 37.5 Å². The lowest BCUT2D eigenvalue weighted by Crippen LogP contribution is -2.14. The van der Waals surface area contributed by atoms with Crippen molar-refractivity contribution in [1.29, 1.82) is 0 Å².